The summed E-state index contributed by atoms with van der Waals surface area (Å²) in [5.41, 5.74) is 0.786. The predicted molar refractivity (Wildman–Crippen MR) is 110 cm³/mol. The summed E-state index contributed by atoms with van der Waals surface area (Å²) >= 11 is 0. The molecule has 0 aliphatic rings. The largest absolute Gasteiger partial charge is 0.493 e. The van der Waals surface area contributed by atoms with E-state index in [-0.39, 0.29) is 11.4 Å². The minimum absolute atomic E-state index is 0.0295. The lowest BCUT2D eigenvalue weighted by Gasteiger charge is -2.11. The van der Waals surface area contributed by atoms with Crippen LogP contribution in [0.1, 0.15) is 26.3 Å². The summed E-state index contributed by atoms with van der Waals surface area (Å²) in [6.45, 7) is 5.96. The molecule has 2 aromatic carbocycles. The Balaban J connectivity index is 2.17. The average Bonchev–Trinajstić information content (AvgIpc) is 2.66. The number of carbonyl (C=O) groups excluding carboxylic acids is 2. The van der Waals surface area contributed by atoms with E-state index in [0.717, 1.165) is 0 Å². The van der Waals surface area contributed by atoms with Crippen molar-refractivity contribution in [2.75, 3.05) is 11.9 Å². The summed E-state index contributed by atoms with van der Waals surface area (Å²) in [6.07, 6.45) is 1.38. The molecule has 0 saturated carbocycles. The third kappa shape index (κ3) is 7.10. The van der Waals surface area contributed by atoms with Crippen LogP contribution < -0.4 is 15.4 Å². The van der Waals surface area contributed by atoms with Crippen LogP contribution in [-0.4, -0.2) is 23.3 Å². The number of non-ortho nitro benzene ring substituents is 1. The summed E-state index contributed by atoms with van der Waals surface area (Å²) in [4.78, 5) is 34.5. The molecule has 0 aliphatic carbocycles. The third-order valence-corrected chi connectivity index (χ3v) is 3.64. The van der Waals surface area contributed by atoms with Gasteiger partial charge in [-0.2, -0.15) is 0 Å². The van der Waals surface area contributed by atoms with Crippen LogP contribution in [0.3, 0.4) is 0 Å². The van der Waals surface area contributed by atoms with E-state index in [1.807, 2.05) is 13.8 Å². The Kier molecular flexibility index (Phi) is 7.47. The molecule has 0 radical (unpaired) electrons. The van der Waals surface area contributed by atoms with Crippen LogP contribution in [0.25, 0.3) is 6.08 Å². The van der Waals surface area contributed by atoms with E-state index >= 15 is 0 Å². The van der Waals surface area contributed by atoms with Crippen LogP contribution in [0.2, 0.25) is 0 Å². The highest BCUT2D eigenvalue weighted by atomic mass is 16.6. The lowest BCUT2D eigenvalue weighted by molar-refractivity contribution is -0.384. The zero-order valence-corrected chi connectivity index (χ0v) is 16.5. The molecule has 0 heterocycles. The maximum absolute atomic E-state index is 12.6. The van der Waals surface area contributed by atoms with Crippen molar-refractivity contribution in [3.63, 3.8) is 0 Å². The summed E-state index contributed by atoms with van der Waals surface area (Å²) < 4.78 is 5.60. The summed E-state index contributed by atoms with van der Waals surface area (Å²) in [7, 11) is 0. The number of hydrogen-bond donors (Lipinski definition) is 2. The Labute approximate surface area is 168 Å². The van der Waals surface area contributed by atoms with Gasteiger partial charge in [0.25, 0.3) is 11.6 Å². The number of amides is 2. The average molecular weight is 397 g/mol. The SMILES string of the molecule is CC(=O)NC(=Cc1cccc([N+](=O)[O-])c1)C(=O)Nc1ccc(OCC(C)C)cc1. The molecule has 152 valence electrons. The normalized spacial score (nSPS) is 11.1. The lowest BCUT2D eigenvalue weighted by atomic mass is 10.1. The maximum Gasteiger partial charge on any atom is 0.272 e. The van der Waals surface area contributed by atoms with Crippen molar-refractivity contribution < 1.29 is 19.2 Å². The topological polar surface area (TPSA) is 111 Å². The second kappa shape index (κ2) is 10.0. The summed E-state index contributed by atoms with van der Waals surface area (Å²) in [6, 6.07) is 12.6. The van der Waals surface area contributed by atoms with Gasteiger partial charge in [0, 0.05) is 24.7 Å². The van der Waals surface area contributed by atoms with Crippen LogP contribution >= 0.6 is 0 Å². The Bertz CT molecular complexity index is 920. The van der Waals surface area contributed by atoms with E-state index in [1.165, 1.54) is 31.2 Å². The highest BCUT2D eigenvalue weighted by molar-refractivity contribution is 6.08. The predicted octanol–water partition coefficient (Wildman–Crippen LogP) is 3.75. The number of nitrogens with zero attached hydrogens (tertiary/aromatic N) is 1. The first-order valence-electron chi connectivity index (χ1n) is 9.02. The Morgan fingerprint density at radius 1 is 1.17 bits per heavy atom. The van der Waals surface area contributed by atoms with Gasteiger partial charge in [0.2, 0.25) is 5.91 Å². The van der Waals surface area contributed by atoms with Gasteiger partial charge in [-0.15, -0.1) is 0 Å². The fraction of sp³-hybridized carbons (Fsp3) is 0.238. The second-order valence-electron chi connectivity index (χ2n) is 6.77. The number of nitro groups is 1. The van der Waals surface area contributed by atoms with E-state index in [9.17, 15) is 19.7 Å². The Hall–Kier alpha value is -3.68. The van der Waals surface area contributed by atoms with Gasteiger partial charge in [0.15, 0.2) is 0 Å². The number of rotatable bonds is 8. The molecule has 0 aromatic heterocycles. The second-order valence-corrected chi connectivity index (χ2v) is 6.77. The molecule has 2 N–H and O–H groups in total. The van der Waals surface area contributed by atoms with Crippen molar-refractivity contribution in [1.29, 1.82) is 0 Å². The van der Waals surface area contributed by atoms with Crippen molar-refractivity contribution in [2.24, 2.45) is 5.92 Å². The van der Waals surface area contributed by atoms with Crippen LogP contribution in [0.5, 0.6) is 5.75 Å². The van der Waals surface area contributed by atoms with E-state index in [2.05, 4.69) is 10.6 Å². The van der Waals surface area contributed by atoms with Crippen molar-refractivity contribution in [3.05, 3.63) is 69.9 Å². The van der Waals surface area contributed by atoms with Crippen LogP contribution in [0, 0.1) is 16.0 Å². The molecule has 2 rings (SSSR count). The number of hydrogen-bond acceptors (Lipinski definition) is 5. The highest BCUT2D eigenvalue weighted by Crippen LogP contribution is 2.18. The number of carbonyl (C=O) groups is 2. The molecule has 0 bridgehead atoms. The smallest absolute Gasteiger partial charge is 0.272 e. The van der Waals surface area contributed by atoms with Crippen molar-refractivity contribution in [3.8, 4) is 5.75 Å². The van der Waals surface area contributed by atoms with Gasteiger partial charge in [-0.25, -0.2) is 0 Å². The number of benzene rings is 2. The molecule has 0 atom stereocenters. The standard InChI is InChI=1S/C21H23N3O5/c1-14(2)13-29-19-9-7-17(8-10-19)23-21(26)20(22-15(3)25)12-16-5-4-6-18(11-16)24(27)28/h4-12,14H,13H2,1-3H3,(H,22,25)(H,23,26). The first-order valence-corrected chi connectivity index (χ1v) is 9.02. The monoisotopic (exact) mass is 397 g/mol. The van der Waals surface area contributed by atoms with Gasteiger partial charge in [-0.05, 0) is 41.8 Å². The molecule has 0 saturated heterocycles. The zero-order valence-electron chi connectivity index (χ0n) is 16.5. The van der Waals surface area contributed by atoms with Gasteiger partial charge >= 0.3 is 0 Å². The number of anilines is 1. The fourth-order valence-electron chi connectivity index (χ4n) is 2.34. The summed E-state index contributed by atoms with van der Waals surface area (Å²) in [5, 5.41) is 16.1. The van der Waals surface area contributed by atoms with E-state index < -0.39 is 16.7 Å². The molecule has 0 spiro atoms. The van der Waals surface area contributed by atoms with Gasteiger partial charge in [0.05, 0.1) is 11.5 Å². The Morgan fingerprint density at radius 2 is 1.86 bits per heavy atom. The molecule has 8 heteroatoms. The quantitative estimate of drug-likeness (QED) is 0.400. The van der Waals surface area contributed by atoms with E-state index in [1.54, 1.807) is 30.3 Å². The van der Waals surface area contributed by atoms with Gasteiger partial charge in [0.1, 0.15) is 11.4 Å². The number of ether oxygens (including phenoxy) is 1. The van der Waals surface area contributed by atoms with Crippen molar-refractivity contribution in [2.45, 2.75) is 20.8 Å². The molecular weight excluding hydrogens is 374 g/mol. The van der Waals surface area contributed by atoms with Crippen molar-refractivity contribution in [1.82, 2.24) is 5.32 Å². The molecule has 2 amide bonds. The molecule has 29 heavy (non-hydrogen) atoms. The third-order valence-electron chi connectivity index (χ3n) is 3.64. The zero-order chi connectivity index (χ0) is 21.4. The molecule has 2 aromatic rings. The van der Waals surface area contributed by atoms with Crippen LogP contribution in [0.15, 0.2) is 54.2 Å². The lowest BCUT2D eigenvalue weighted by Crippen LogP contribution is -2.28. The first kappa shape index (κ1) is 21.6. The van der Waals surface area contributed by atoms with Crippen LogP contribution in [-0.2, 0) is 9.59 Å². The first-order chi connectivity index (χ1) is 13.7. The van der Waals surface area contributed by atoms with E-state index in [0.29, 0.717) is 29.5 Å². The molecular formula is C21H23N3O5. The molecule has 0 unspecified atom stereocenters. The molecule has 0 fully saturated rings. The van der Waals surface area contributed by atoms with Gasteiger partial charge in [-0.1, -0.05) is 26.0 Å². The van der Waals surface area contributed by atoms with Crippen LogP contribution in [0.4, 0.5) is 11.4 Å². The minimum atomic E-state index is -0.553. The van der Waals surface area contributed by atoms with Crippen molar-refractivity contribution >= 4 is 29.3 Å². The minimum Gasteiger partial charge on any atom is -0.493 e. The van der Waals surface area contributed by atoms with Gasteiger partial charge < -0.3 is 15.4 Å². The Morgan fingerprint density at radius 3 is 2.45 bits per heavy atom. The van der Waals surface area contributed by atoms with E-state index in [4.69, 9.17) is 4.74 Å². The number of nitro benzene ring substituents is 1. The molecule has 0 aliphatic heterocycles. The number of nitrogens with one attached hydrogen (secondary N) is 2. The fourth-order valence-corrected chi connectivity index (χ4v) is 2.34. The highest BCUT2D eigenvalue weighted by Gasteiger charge is 2.13. The summed E-state index contributed by atoms with van der Waals surface area (Å²) in [5.74, 6) is 0.0938. The molecule has 8 nitrogen and oxygen atoms in total. The van der Waals surface area contributed by atoms with Gasteiger partial charge in [-0.3, -0.25) is 19.7 Å². The maximum atomic E-state index is 12.6.